The zero-order valence-corrected chi connectivity index (χ0v) is 22.0. The first kappa shape index (κ1) is 29.8. The highest BCUT2D eigenvalue weighted by Gasteiger charge is 2.51. The molecule has 3 amide bonds. The average Bonchev–Trinajstić information content (AvgIpc) is 3.64. The second-order valence-corrected chi connectivity index (χ2v) is 9.97. The largest absolute Gasteiger partial charge is 0.370 e. The first-order chi connectivity index (χ1) is 17.5. The molecule has 0 radical (unpaired) electrons. The van der Waals surface area contributed by atoms with E-state index >= 15 is 0 Å². The molecule has 1 aromatic rings. The number of amides is 3. The van der Waals surface area contributed by atoms with Crippen LogP contribution < -0.4 is 27.0 Å². The summed E-state index contributed by atoms with van der Waals surface area (Å²) in [5.74, 6) is -1.79. The molecular formula is C26H40N6O5. The molecule has 0 spiro atoms. The fraction of sp³-hybridized carbons (Fsp3) is 0.577. The molecule has 1 heterocycles. The molecule has 1 saturated heterocycles. The summed E-state index contributed by atoms with van der Waals surface area (Å²) < 4.78 is 5.33. The Bertz CT molecular complexity index is 952. The lowest BCUT2D eigenvalue weighted by molar-refractivity contribution is -0.133. The van der Waals surface area contributed by atoms with Crippen molar-refractivity contribution in [3.05, 3.63) is 35.9 Å². The minimum Gasteiger partial charge on any atom is -0.370 e. The summed E-state index contributed by atoms with van der Waals surface area (Å²) in [5.41, 5.74) is 5.70. The number of benzene rings is 1. The number of carbonyl (C=O) groups excluding carboxylic acids is 4. The summed E-state index contributed by atoms with van der Waals surface area (Å²) in [4.78, 5) is 51.2. The summed E-state index contributed by atoms with van der Waals surface area (Å²) in [5, 5.41) is 18.2. The standard InChI is InChI=1S/C26H40N6O5/c1-15(2)14-18(23(34)29-12-8-9-13-30-26(27)28)31-24(35)19(16(3)4)32-25(36)22-21(37-22)20(33)17-10-6-5-7-11-17/h5-7,10-11,15-16,18-19,21-22H,8-9,12-14H2,1-4H3,(H,29,34)(H,31,35)(H,32,36)(H4,27,28,30). The Morgan fingerprint density at radius 3 is 2.11 bits per heavy atom. The number of ether oxygens (including phenoxy) is 1. The van der Waals surface area contributed by atoms with Crippen LogP contribution in [0.2, 0.25) is 0 Å². The lowest BCUT2D eigenvalue weighted by Gasteiger charge is -2.26. The quantitative estimate of drug-likeness (QED) is 0.0652. The van der Waals surface area contributed by atoms with Crippen LogP contribution in [0.25, 0.3) is 0 Å². The smallest absolute Gasteiger partial charge is 0.253 e. The van der Waals surface area contributed by atoms with Gasteiger partial charge in [0.25, 0.3) is 5.91 Å². The Kier molecular flexibility index (Phi) is 11.5. The van der Waals surface area contributed by atoms with E-state index in [4.69, 9.17) is 15.9 Å². The summed E-state index contributed by atoms with van der Waals surface area (Å²) in [6.07, 6.45) is 0.0159. The summed E-state index contributed by atoms with van der Waals surface area (Å²) in [6, 6.07) is 6.92. The lowest BCUT2D eigenvalue weighted by atomic mass is 9.99. The Morgan fingerprint density at radius 1 is 0.919 bits per heavy atom. The third kappa shape index (κ3) is 9.83. The zero-order valence-electron chi connectivity index (χ0n) is 22.0. The highest BCUT2D eigenvalue weighted by Crippen LogP contribution is 2.26. The van der Waals surface area contributed by atoms with Crippen LogP contribution in [0, 0.1) is 17.2 Å². The summed E-state index contributed by atoms with van der Waals surface area (Å²) >= 11 is 0. The average molecular weight is 517 g/mol. The molecule has 1 fully saturated rings. The van der Waals surface area contributed by atoms with Crippen LogP contribution in [-0.4, -0.2) is 66.8 Å². The maximum Gasteiger partial charge on any atom is 0.253 e. The molecule has 1 aliphatic heterocycles. The van der Waals surface area contributed by atoms with Crippen LogP contribution in [0.5, 0.6) is 0 Å². The van der Waals surface area contributed by atoms with Gasteiger partial charge in [0.15, 0.2) is 24.0 Å². The van der Waals surface area contributed by atoms with Crippen LogP contribution in [-0.2, 0) is 19.1 Å². The van der Waals surface area contributed by atoms with Crippen LogP contribution in [0.3, 0.4) is 0 Å². The molecule has 204 valence electrons. The molecule has 0 bridgehead atoms. The minimum absolute atomic E-state index is 0.0953. The maximum absolute atomic E-state index is 13.1. The second-order valence-electron chi connectivity index (χ2n) is 9.97. The van der Waals surface area contributed by atoms with Crippen molar-refractivity contribution in [1.82, 2.24) is 21.3 Å². The number of carbonyl (C=O) groups is 4. The van der Waals surface area contributed by atoms with Crippen molar-refractivity contribution in [2.24, 2.45) is 17.6 Å². The van der Waals surface area contributed by atoms with Crippen molar-refractivity contribution in [3.8, 4) is 0 Å². The van der Waals surface area contributed by atoms with Gasteiger partial charge in [-0.05, 0) is 31.1 Å². The number of ketones is 1. The van der Waals surface area contributed by atoms with Crippen molar-refractivity contribution in [2.45, 2.75) is 71.2 Å². The predicted octanol–water partition coefficient (Wildman–Crippen LogP) is 0.688. The number of nitrogens with one attached hydrogen (secondary N) is 5. The van der Waals surface area contributed by atoms with Crippen molar-refractivity contribution in [2.75, 3.05) is 13.1 Å². The van der Waals surface area contributed by atoms with Crippen molar-refractivity contribution < 1.29 is 23.9 Å². The van der Waals surface area contributed by atoms with Gasteiger partial charge in [-0.1, -0.05) is 58.0 Å². The molecule has 0 aromatic heterocycles. The molecule has 11 heteroatoms. The van der Waals surface area contributed by atoms with E-state index in [0.717, 1.165) is 6.42 Å². The van der Waals surface area contributed by atoms with Crippen molar-refractivity contribution in [1.29, 1.82) is 5.41 Å². The molecule has 1 aromatic carbocycles. The van der Waals surface area contributed by atoms with Gasteiger partial charge in [-0.2, -0.15) is 0 Å². The highest BCUT2D eigenvalue weighted by molar-refractivity contribution is 6.06. The number of epoxide rings is 1. The molecule has 0 saturated carbocycles. The summed E-state index contributed by atoms with van der Waals surface area (Å²) in [6.45, 7) is 8.44. The van der Waals surface area contributed by atoms with Gasteiger partial charge in [0.2, 0.25) is 11.8 Å². The molecule has 11 nitrogen and oxygen atoms in total. The molecule has 2 rings (SSSR count). The third-order valence-electron chi connectivity index (χ3n) is 5.87. The van der Waals surface area contributed by atoms with Crippen LogP contribution in [0.15, 0.2) is 30.3 Å². The fourth-order valence-corrected chi connectivity index (χ4v) is 3.82. The first-order valence-corrected chi connectivity index (χ1v) is 12.7. The lowest BCUT2D eigenvalue weighted by Crippen LogP contribution is -2.56. The highest BCUT2D eigenvalue weighted by atomic mass is 16.6. The molecule has 0 aliphatic carbocycles. The first-order valence-electron chi connectivity index (χ1n) is 12.7. The van der Waals surface area contributed by atoms with E-state index in [1.807, 2.05) is 13.8 Å². The van der Waals surface area contributed by atoms with Crippen LogP contribution in [0.4, 0.5) is 0 Å². The maximum atomic E-state index is 13.1. The topological polar surface area (TPSA) is 179 Å². The van der Waals surface area contributed by atoms with E-state index in [2.05, 4.69) is 21.3 Å². The summed E-state index contributed by atoms with van der Waals surface area (Å²) in [7, 11) is 0. The minimum atomic E-state index is -0.950. The van der Waals surface area contributed by atoms with Crippen LogP contribution in [0.1, 0.15) is 57.3 Å². The number of hydrogen-bond acceptors (Lipinski definition) is 6. The van der Waals surface area contributed by atoms with E-state index in [-0.39, 0.29) is 29.5 Å². The molecule has 1 aliphatic rings. The molecule has 7 N–H and O–H groups in total. The number of guanidine groups is 1. The van der Waals surface area contributed by atoms with Gasteiger partial charge in [0.1, 0.15) is 12.1 Å². The number of Topliss-reactive ketones (excluding diaryl/α,β-unsaturated/α-hetero) is 1. The third-order valence-corrected chi connectivity index (χ3v) is 5.87. The van der Waals surface area contributed by atoms with Gasteiger partial charge in [0.05, 0.1) is 0 Å². The van der Waals surface area contributed by atoms with E-state index < -0.39 is 36.1 Å². The van der Waals surface area contributed by atoms with Gasteiger partial charge >= 0.3 is 0 Å². The van der Waals surface area contributed by atoms with Crippen LogP contribution >= 0.6 is 0 Å². The number of hydrogen-bond donors (Lipinski definition) is 6. The fourth-order valence-electron chi connectivity index (χ4n) is 3.82. The normalized spacial score (nSPS) is 18.0. The predicted molar refractivity (Wildman–Crippen MR) is 140 cm³/mol. The Hall–Kier alpha value is -3.47. The second kappa shape index (κ2) is 14.3. The Balaban J connectivity index is 1.91. The number of rotatable bonds is 15. The van der Waals surface area contributed by atoms with E-state index in [9.17, 15) is 19.2 Å². The van der Waals surface area contributed by atoms with Gasteiger partial charge in [0, 0.05) is 18.7 Å². The number of unbranched alkanes of at least 4 members (excludes halogenated alkanes) is 1. The van der Waals surface area contributed by atoms with E-state index in [0.29, 0.717) is 31.5 Å². The number of nitrogens with two attached hydrogens (primary N) is 1. The monoisotopic (exact) mass is 516 g/mol. The Labute approximate surface area is 218 Å². The SMILES string of the molecule is CC(C)CC(NC(=O)C(NC(=O)C1OC1C(=O)c1ccccc1)C(C)C)C(=O)NCCCCNC(=N)N. The van der Waals surface area contributed by atoms with Gasteiger partial charge in [-0.15, -0.1) is 0 Å². The molecule has 4 unspecified atom stereocenters. The zero-order chi connectivity index (χ0) is 27.5. The molecular weight excluding hydrogens is 476 g/mol. The van der Waals surface area contributed by atoms with Gasteiger partial charge in [-0.25, -0.2) is 0 Å². The Morgan fingerprint density at radius 2 is 1.54 bits per heavy atom. The molecule has 37 heavy (non-hydrogen) atoms. The van der Waals surface area contributed by atoms with Gasteiger partial charge < -0.3 is 31.7 Å². The van der Waals surface area contributed by atoms with Crippen molar-refractivity contribution in [3.63, 3.8) is 0 Å². The van der Waals surface area contributed by atoms with E-state index in [1.54, 1.807) is 44.2 Å². The van der Waals surface area contributed by atoms with Crippen molar-refractivity contribution >= 4 is 29.5 Å². The van der Waals surface area contributed by atoms with Gasteiger partial charge in [-0.3, -0.25) is 24.6 Å². The molecule has 4 atom stereocenters. The van der Waals surface area contributed by atoms with E-state index in [1.165, 1.54) is 0 Å².